The lowest BCUT2D eigenvalue weighted by atomic mass is 9.95. The number of hydrogen-bond acceptors (Lipinski definition) is 4. The van der Waals surface area contributed by atoms with E-state index in [9.17, 15) is 9.59 Å². The lowest BCUT2D eigenvalue weighted by Gasteiger charge is -2.29. The van der Waals surface area contributed by atoms with Crippen LogP contribution >= 0.6 is 34.7 Å². The maximum absolute atomic E-state index is 12.9. The molecule has 0 aromatic carbocycles. The summed E-state index contributed by atoms with van der Waals surface area (Å²) < 4.78 is 4.39. The van der Waals surface area contributed by atoms with Gasteiger partial charge in [-0.15, -0.1) is 0 Å². The number of nitrogens with zero attached hydrogens (tertiary/aromatic N) is 2. The second kappa shape index (κ2) is 8.69. The summed E-state index contributed by atoms with van der Waals surface area (Å²) in [7, 11) is 0. The number of halogens is 2. The number of aromatic nitrogens is 1. The topological polar surface area (TPSA) is 62.3 Å². The van der Waals surface area contributed by atoms with Crippen molar-refractivity contribution in [2.45, 2.75) is 69.9 Å². The molecule has 2 aliphatic carbocycles. The van der Waals surface area contributed by atoms with Crippen LogP contribution in [0.2, 0.25) is 9.36 Å². The summed E-state index contributed by atoms with van der Waals surface area (Å²) in [5, 5.41) is 3.28. The Balaban J connectivity index is 1.69. The molecule has 138 valence electrons. The molecule has 1 aromatic heterocycles. The molecule has 2 amide bonds. The predicted octanol–water partition coefficient (Wildman–Crippen LogP) is 4.28. The van der Waals surface area contributed by atoms with Gasteiger partial charge in [0.15, 0.2) is 5.69 Å². The van der Waals surface area contributed by atoms with Gasteiger partial charge in [0.2, 0.25) is 5.91 Å². The van der Waals surface area contributed by atoms with Crippen LogP contribution in [0.4, 0.5) is 0 Å². The molecule has 0 atom stereocenters. The van der Waals surface area contributed by atoms with E-state index in [-0.39, 0.29) is 41.2 Å². The highest BCUT2D eigenvalue weighted by Crippen LogP contribution is 2.32. The third-order valence-electron chi connectivity index (χ3n) is 5.11. The van der Waals surface area contributed by atoms with Gasteiger partial charge in [-0.2, -0.15) is 4.37 Å². The first kappa shape index (κ1) is 18.9. The van der Waals surface area contributed by atoms with Gasteiger partial charge in [0.1, 0.15) is 15.9 Å². The molecule has 1 aromatic rings. The Morgan fingerprint density at radius 1 is 1.08 bits per heavy atom. The summed E-state index contributed by atoms with van der Waals surface area (Å²) in [6.45, 7) is 0.0610. The van der Waals surface area contributed by atoms with E-state index in [1.165, 1.54) is 6.42 Å². The molecule has 2 fully saturated rings. The van der Waals surface area contributed by atoms with Crippen molar-refractivity contribution in [1.82, 2.24) is 14.6 Å². The second-order valence-corrected chi connectivity index (χ2v) is 8.65. The molecule has 2 aliphatic rings. The molecule has 2 saturated carbocycles. The smallest absolute Gasteiger partial charge is 0.275 e. The fourth-order valence-corrected chi connectivity index (χ4v) is 4.77. The van der Waals surface area contributed by atoms with Gasteiger partial charge in [-0.3, -0.25) is 9.59 Å². The van der Waals surface area contributed by atoms with Crippen molar-refractivity contribution in [2.75, 3.05) is 6.54 Å². The van der Waals surface area contributed by atoms with E-state index >= 15 is 0 Å². The molecule has 0 spiro atoms. The molecule has 0 bridgehead atoms. The fraction of sp³-hybridized carbons (Fsp3) is 0.706. The number of rotatable bonds is 5. The number of amides is 2. The summed E-state index contributed by atoms with van der Waals surface area (Å²) in [6.07, 6.45) is 9.58. The van der Waals surface area contributed by atoms with Crippen molar-refractivity contribution in [3.63, 3.8) is 0 Å². The van der Waals surface area contributed by atoms with Crippen molar-refractivity contribution in [1.29, 1.82) is 0 Å². The normalized spacial score (nSPS) is 19.1. The molecule has 5 nitrogen and oxygen atoms in total. The Morgan fingerprint density at radius 2 is 1.72 bits per heavy atom. The zero-order valence-electron chi connectivity index (χ0n) is 14.1. The van der Waals surface area contributed by atoms with Crippen molar-refractivity contribution in [3.05, 3.63) is 15.1 Å². The van der Waals surface area contributed by atoms with Crippen LogP contribution in [-0.4, -0.2) is 39.7 Å². The van der Waals surface area contributed by atoms with Crippen LogP contribution in [0.5, 0.6) is 0 Å². The highest BCUT2D eigenvalue weighted by molar-refractivity contribution is 7.11. The number of hydrogen-bond donors (Lipinski definition) is 1. The van der Waals surface area contributed by atoms with Gasteiger partial charge in [-0.05, 0) is 37.2 Å². The summed E-state index contributed by atoms with van der Waals surface area (Å²) in [4.78, 5) is 27.1. The highest BCUT2D eigenvalue weighted by Gasteiger charge is 2.32. The van der Waals surface area contributed by atoms with Crippen molar-refractivity contribution < 1.29 is 9.59 Å². The molecular formula is C17H23Cl2N3O2S. The Labute approximate surface area is 162 Å². The number of carbonyl (C=O) groups is 2. The summed E-state index contributed by atoms with van der Waals surface area (Å²) in [5.74, 6) is -0.386. The summed E-state index contributed by atoms with van der Waals surface area (Å²) >= 11 is 13.1. The van der Waals surface area contributed by atoms with Gasteiger partial charge in [-0.1, -0.05) is 55.3 Å². The average molecular weight is 404 g/mol. The first-order valence-corrected chi connectivity index (χ1v) is 10.5. The van der Waals surface area contributed by atoms with Gasteiger partial charge in [0, 0.05) is 12.1 Å². The van der Waals surface area contributed by atoms with E-state index in [4.69, 9.17) is 23.2 Å². The monoisotopic (exact) mass is 403 g/mol. The van der Waals surface area contributed by atoms with Gasteiger partial charge < -0.3 is 10.2 Å². The predicted molar refractivity (Wildman–Crippen MR) is 100 cm³/mol. The van der Waals surface area contributed by atoms with Gasteiger partial charge in [0.05, 0.1) is 0 Å². The zero-order chi connectivity index (χ0) is 17.8. The number of nitrogens with one attached hydrogen (secondary N) is 1. The van der Waals surface area contributed by atoms with E-state index in [0.29, 0.717) is 4.34 Å². The van der Waals surface area contributed by atoms with Crippen molar-refractivity contribution in [2.24, 2.45) is 0 Å². The van der Waals surface area contributed by atoms with Crippen molar-refractivity contribution in [3.8, 4) is 0 Å². The molecule has 8 heteroatoms. The Kier molecular flexibility index (Phi) is 6.58. The van der Waals surface area contributed by atoms with Crippen LogP contribution in [0.15, 0.2) is 0 Å². The van der Waals surface area contributed by atoms with E-state index in [1.807, 2.05) is 0 Å². The molecular weight excluding hydrogens is 381 g/mol. The highest BCUT2D eigenvalue weighted by atomic mass is 35.5. The maximum Gasteiger partial charge on any atom is 0.275 e. The third-order valence-corrected chi connectivity index (χ3v) is 6.72. The first-order chi connectivity index (χ1) is 12.1. The Hall–Kier alpha value is -0.850. The van der Waals surface area contributed by atoms with E-state index in [0.717, 1.165) is 62.9 Å². The Morgan fingerprint density at radius 3 is 2.32 bits per heavy atom. The van der Waals surface area contributed by atoms with Crippen LogP contribution in [0.3, 0.4) is 0 Å². The molecule has 1 heterocycles. The summed E-state index contributed by atoms with van der Waals surface area (Å²) in [6, 6.07) is 0.306. The lowest BCUT2D eigenvalue weighted by molar-refractivity contribution is -0.123. The van der Waals surface area contributed by atoms with Crippen LogP contribution in [0.1, 0.15) is 68.3 Å². The third kappa shape index (κ3) is 4.66. The van der Waals surface area contributed by atoms with E-state index in [1.54, 1.807) is 4.90 Å². The average Bonchev–Trinajstić information content (AvgIpc) is 3.24. The minimum atomic E-state index is -0.293. The molecule has 3 rings (SSSR count). The quantitative estimate of drug-likeness (QED) is 0.797. The van der Waals surface area contributed by atoms with E-state index in [2.05, 4.69) is 9.69 Å². The fourth-order valence-electron chi connectivity index (χ4n) is 3.79. The molecule has 0 unspecified atom stereocenters. The largest absolute Gasteiger partial charge is 0.352 e. The lowest BCUT2D eigenvalue weighted by Crippen LogP contribution is -2.48. The summed E-state index contributed by atoms with van der Waals surface area (Å²) in [5.41, 5.74) is 0.161. The molecule has 0 radical (unpaired) electrons. The second-order valence-electron chi connectivity index (χ2n) is 6.89. The van der Waals surface area contributed by atoms with Crippen LogP contribution < -0.4 is 5.32 Å². The van der Waals surface area contributed by atoms with Crippen LogP contribution in [0, 0.1) is 0 Å². The van der Waals surface area contributed by atoms with E-state index < -0.39 is 0 Å². The van der Waals surface area contributed by atoms with Gasteiger partial charge in [0.25, 0.3) is 5.91 Å². The molecule has 1 N–H and O–H groups in total. The first-order valence-electron chi connectivity index (χ1n) is 8.97. The molecule has 25 heavy (non-hydrogen) atoms. The van der Waals surface area contributed by atoms with Gasteiger partial charge >= 0.3 is 0 Å². The van der Waals surface area contributed by atoms with Crippen LogP contribution in [-0.2, 0) is 4.79 Å². The SMILES string of the molecule is O=C(CN(C(=O)c1nsc(Cl)c1Cl)C1CCCC1)NC1CCCCC1. The van der Waals surface area contributed by atoms with Crippen LogP contribution in [0.25, 0.3) is 0 Å². The maximum atomic E-state index is 12.9. The molecule has 0 aliphatic heterocycles. The van der Waals surface area contributed by atoms with Crippen molar-refractivity contribution >= 4 is 46.5 Å². The number of carbonyl (C=O) groups excluding carboxylic acids is 2. The minimum absolute atomic E-state index is 0.0610. The zero-order valence-corrected chi connectivity index (χ0v) is 16.4. The molecule has 0 saturated heterocycles. The standard InChI is InChI=1S/C17H23Cl2N3O2S/c18-14-15(21-25-16(14)19)17(24)22(12-8-4-5-9-12)10-13(23)20-11-6-2-1-3-7-11/h11-12H,1-10H2,(H,20,23). The Bertz CT molecular complexity index is 625. The van der Waals surface area contributed by atoms with Gasteiger partial charge in [-0.25, -0.2) is 0 Å². The minimum Gasteiger partial charge on any atom is -0.352 e.